The second-order valence-electron chi connectivity index (χ2n) is 8.39. The van der Waals surface area contributed by atoms with Gasteiger partial charge in [0.25, 0.3) is 0 Å². The fourth-order valence-electron chi connectivity index (χ4n) is 3.78. The molecule has 0 radical (unpaired) electrons. The molecule has 0 unspecified atom stereocenters. The van der Waals surface area contributed by atoms with Crippen molar-refractivity contribution >= 4 is 10.2 Å². The first-order valence-electron chi connectivity index (χ1n) is 11.5. The number of hydrogen-bond donors (Lipinski definition) is 0. The van der Waals surface area contributed by atoms with Crippen molar-refractivity contribution in [3.63, 3.8) is 0 Å². The van der Waals surface area contributed by atoms with E-state index in [0.717, 1.165) is 0 Å². The van der Waals surface area contributed by atoms with Crippen LogP contribution in [0.3, 0.4) is 0 Å². The van der Waals surface area contributed by atoms with E-state index < -0.39 is 0 Å². The van der Waals surface area contributed by atoms with Gasteiger partial charge in [-0.1, -0.05) is 84.1 Å². The molecule has 0 N–H and O–H groups in total. The van der Waals surface area contributed by atoms with E-state index in [1.807, 2.05) is 0 Å². The molecule has 0 aromatic heterocycles. The zero-order chi connectivity index (χ0) is 17.9. The largest absolute Gasteiger partial charge is 0.326 e. The zero-order valence-corrected chi connectivity index (χ0v) is 19.9. The van der Waals surface area contributed by atoms with E-state index in [-0.39, 0.29) is 0 Å². The second-order valence-corrected chi connectivity index (χ2v) is 9.39. The fraction of sp³-hybridized carbons (Fsp3) is 1.00. The topological polar surface area (TPSA) is 0 Å². The number of rotatable bonds is 19. The molecule has 1 nitrogen and oxygen atoms in total. The summed E-state index contributed by atoms with van der Waals surface area (Å²) >= 11 is 0. The maximum absolute atomic E-state index is 2.55. The molecular formula is C22H50NSi+. The van der Waals surface area contributed by atoms with Crippen molar-refractivity contribution in [2.24, 2.45) is 0 Å². The Kier molecular flexibility index (Phi) is 18.1. The van der Waals surface area contributed by atoms with Crippen LogP contribution in [0.25, 0.3) is 0 Å². The van der Waals surface area contributed by atoms with Crippen molar-refractivity contribution in [3.05, 3.63) is 0 Å². The molecule has 0 aromatic carbocycles. The summed E-state index contributed by atoms with van der Waals surface area (Å²) in [5.41, 5.74) is 0. The minimum absolute atomic E-state index is 1.37. The summed E-state index contributed by atoms with van der Waals surface area (Å²) in [5, 5.41) is 0. The highest BCUT2D eigenvalue weighted by atomic mass is 28.1. The number of unbranched alkanes of at least 4 members (excludes halogenated alkanes) is 12. The highest BCUT2D eigenvalue weighted by molar-refractivity contribution is 6.08. The molecule has 0 amide bonds. The average Bonchev–Trinajstić information content (AvgIpc) is 2.58. The summed E-state index contributed by atoms with van der Waals surface area (Å²) in [6.07, 6.45) is 21.7. The van der Waals surface area contributed by atoms with Crippen LogP contribution in [-0.2, 0) is 0 Å². The molecule has 0 rings (SSSR count). The summed E-state index contributed by atoms with van der Waals surface area (Å²) in [4.78, 5) is 0. The Balaban J connectivity index is 3.81. The molecule has 0 heterocycles. The summed E-state index contributed by atoms with van der Waals surface area (Å²) in [6.45, 7) is 8.93. The van der Waals surface area contributed by atoms with Gasteiger partial charge in [-0.25, -0.2) is 0 Å². The van der Waals surface area contributed by atoms with Gasteiger partial charge in [-0.3, -0.25) is 0 Å². The molecule has 0 aliphatic rings. The first-order chi connectivity index (χ1) is 11.7. The van der Waals surface area contributed by atoms with E-state index >= 15 is 0 Å². The molecule has 2 heteroatoms. The van der Waals surface area contributed by atoms with Crippen LogP contribution in [0, 0.1) is 0 Å². The minimum Gasteiger partial charge on any atom is -0.326 e. The third-order valence-electron chi connectivity index (χ3n) is 5.65. The van der Waals surface area contributed by atoms with Crippen molar-refractivity contribution < 1.29 is 4.48 Å². The van der Waals surface area contributed by atoms with Crippen LogP contribution in [0.2, 0.25) is 6.04 Å². The molecule has 0 bridgehead atoms. The van der Waals surface area contributed by atoms with Gasteiger partial charge >= 0.3 is 0 Å². The third-order valence-corrected chi connectivity index (χ3v) is 6.36. The normalized spacial score (nSPS) is 12.1. The predicted octanol–water partition coefficient (Wildman–Crippen LogP) is 6.11. The summed E-state index contributed by atoms with van der Waals surface area (Å²) in [6, 6.07) is 1.49. The molecule has 0 aromatic rings. The lowest BCUT2D eigenvalue weighted by Crippen LogP contribution is -2.46. The van der Waals surface area contributed by atoms with Gasteiger partial charge in [0, 0.05) is 10.2 Å². The lowest BCUT2D eigenvalue weighted by atomic mass is 10.1. The van der Waals surface area contributed by atoms with Gasteiger partial charge in [-0.2, -0.15) is 0 Å². The SMILES string of the molecule is CCCCCCCCC[N+](C)(CCC[SiH3])CCCCCCCCC. The summed E-state index contributed by atoms with van der Waals surface area (Å²) < 4.78 is 1.37. The van der Waals surface area contributed by atoms with Gasteiger partial charge in [0.05, 0.1) is 26.7 Å². The fourth-order valence-corrected chi connectivity index (χ4v) is 4.09. The molecule has 0 fully saturated rings. The van der Waals surface area contributed by atoms with Crippen LogP contribution in [0.1, 0.15) is 110 Å². The van der Waals surface area contributed by atoms with E-state index in [1.54, 1.807) is 0 Å². The third kappa shape index (κ3) is 15.7. The van der Waals surface area contributed by atoms with Gasteiger partial charge < -0.3 is 4.48 Å². The molecular weight excluding hydrogens is 306 g/mol. The Morgan fingerprint density at radius 1 is 0.500 bits per heavy atom. The van der Waals surface area contributed by atoms with E-state index in [2.05, 4.69) is 20.9 Å². The Labute approximate surface area is 158 Å². The first-order valence-corrected chi connectivity index (χ1v) is 12.9. The highest BCUT2D eigenvalue weighted by Gasteiger charge is 2.19. The predicted molar refractivity (Wildman–Crippen MR) is 116 cm³/mol. The minimum atomic E-state index is 1.37. The average molecular weight is 357 g/mol. The van der Waals surface area contributed by atoms with Crippen LogP contribution in [0.5, 0.6) is 0 Å². The van der Waals surface area contributed by atoms with Crippen molar-refractivity contribution in [3.8, 4) is 0 Å². The highest BCUT2D eigenvalue weighted by Crippen LogP contribution is 2.15. The molecule has 0 spiro atoms. The van der Waals surface area contributed by atoms with Crippen LogP contribution in [0.15, 0.2) is 0 Å². The summed E-state index contributed by atoms with van der Waals surface area (Å²) in [5.74, 6) is 0. The number of nitrogens with zero attached hydrogens (tertiary/aromatic N) is 1. The van der Waals surface area contributed by atoms with E-state index in [4.69, 9.17) is 0 Å². The molecule has 0 saturated heterocycles. The smallest absolute Gasteiger partial charge is 0.0784 e. The second kappa shape index (κ2) is 18.0. The van der Waals surface area contributed by atoms with E-state index in [9.17, 15) is 0 Å². The lowest BCUT2D eigenvalue weighted by Gasteiger charge is -2.35. The van der Waals surface area contributed by atoms with Gasteiger partial charge in [-0.05, 0) is 32.1 Å². The van der Waals surface area contributed by atoms with E-state index in [0.29, 0.717) is 0 Å². The van der Waals surface area contributed by atoms with E-state index in [1.165, 1.54) is 137 Å². The lowest BCUT2D eigenvalue weighted by molar-refractivity contribution is -0.910. The van der Waals surface area contributed by atoms with Crippen molar-refractivity contribution in [1.82, 2.24) is 0 Å². The van der Waals surface area contributed by atoms with Crippen LogP contribution < -0.4 is 0 Å². The van der Waals surface area contributed by atoms with Crippen LogP contribution in [-0.4, -0.2) is 41.4 Å². The van der Waals surface area contributed by atoms with Crippen LogP contribution in [0.4, 0.5) is 0 Å². The first kappa shape index (κ1) is 24.2. The van der Waals surface area contributed by atoms with Gasteiger partial charge in [0.2, 0.25) is 0 Å². The molecule has 146 valence electrons. The Hall–Kier alpha value is 0.177. The van der Waals surface area contributed by atoms with Gasteiger partial charge in [-0.15, -0.1) is 0 Å². The Morgan fingerprint density at radius 2 is 0.833 bits per heavy atom. The number of quaternary nitrogens is 1. The van der Waals surface area contributed by atoms with Crippen LogP contribution >= 0.6 is 0 Å². The Morgan fingerprint density at radius 3 is 1.21 bits per heavy atom. The molecule has 0 saturated carbocycles. The zero-order valence-electron chi connectivity index (χ0n) is 17.9. The van der Waals surface area contributed by atoms with Gasteiger partial charge in [0.1, 0.15) is 0 Å². The number of hydrogen-bond acceptors (Lipinski definition) is 0. The molecule has 0 atom stereocenters. The standard InChI is InChI=1S/C22H50NSi/c1-4-6-8-10-12-14-16-19-23(3,21-18-22-24)20-17-15-13-11-9-7-5-2/h4-22H2,1-3,24H3/q+1. The maximum Gasteiger partial charge on any atom is 0.0784 e. The van der Waals surface area contributed by atoms with Crippen molar-refractivity contribution in [2.45, 2.75) is 116 Å². The summed E-state index contributed by atoms with van der Waals surface area (Å²) in [7, 11) is 3.93. The Bertz CT molecular complexity index is 224. The molecule has 24 heavy (non-hydrogen) atoms. The van der Waals surface area contributed by atoms with Gasteiger partial charge in [0.15, 0.2) is 0 Å². The van der Waals surface area contributed by atoms with Crippen molar-refractivity contribution in [2.75, 3.05) is 26.7 Å². The molecule has 0 aliphatic carbocycles. The quantitative estimate of drug-likeness (QED) is 0.149. The van der Waals surface area contributed by atoms with Crippen molar-refractivity contribution in [1.29, 1.82) is 0 Å². The maximum atomic E-state index is 2.55. The monoisotopic (exact) mass is 356 g/mol. The molecule has 0 aliphatic heterocycles.